The number of hydrogen-bond acceptors (Lipinski definition) is 5. The summed E-state index contributed by atoms with van der Waals surface area (Å²) in [6, 6.07) is 1.65. The van der Waals surface area contributed by atoms with Gasteiger partial charge in [0.05, 0.1) is 12.6 Å². The maximum atomic E-state index is 12.1. The van der Waals surface area contributed by atoms with Gasteiger partial charge < -0.3 is 14.6 Å². The first kappa shape index (κ1) is 16.8. The summed E-state index contributed by atoms with van der Waals surface area (Å²) in [4.78, 5) is 24.7. The number of anilines is 1. The van der Waals surface area contributed by atoms with Crippen molar-refractivity contribution in [2.24, 2.45) is 0 Å². The van der Waals surface area contributed by atoms with Crippen molar-refractivity contribution in [3.63, 3.8) is 0 Å². The predicted molar refractivity (Wildman–Crippen MR) is 87.9 cm³/mol. The second kappa shape index (κ2) is 7.68. The second-order valence-corrected chi connectivity index (χ2v) is 6.61. The fraction of sp³-hybridized carbons (Fsp3) is 0.706. The molecule has 7 nitrogen and oxygen atoms in total. The molecule has 24 heavy (non-hydrogen) atoms. The van der Waals surface area contributed by atoms with Gasteiger partial charge in [0.1, 0.15) is 5.76 Å². The molecular formula is C17H25N3O4. The van der Waals surface area contributed by atoms with E-state index < -0.39 is 0 Å². The quantitative estimate of drug-likeness (QED) is 0.660. The molecule has 1 aromatic rings. The van der Waals surface area contributed by atoms with Crippen LogP contribution in [0.5, 0.6) is 0 Å². The first-order valence-electron chi connectivity index (χ1n) is 8.82. The van der Waals surface area contributed by atoms with Crippen LogP contribution in [0.3, 0.4) is 0 Å². The van der Waals surface area contributed by atoms with Crippen LogP contribution in [0.1, 0.15) is 63.5 Å². The molecule has 1 aliphatic carbocycles. The summed E-state index contributed by atoms with van der Waals surface area (Å²) < 4.78 is 10.5. The highest BCUT2D eigenvalue weighted by Crippen LogP contribution is 2.34. The number of nitrogens with zero attached hydrogens (tertiary/aromatic N) is 2. The molecule has 1 atom stereocenters. The Kier molecular flexibility index (Phi) is 5.37. The third kappa shape index (κ3) is 3.88. The maximum absolute atomic E-state index is 12.1. The van der Waals surface area contributed by atoms with Crippen LogP contribution >= 0.6 is 0 Å². The molecule has 1 N–H and O–H groups in total. The number of nitrogens with one attached hydrogen (secondary N) is 1. The Balaban J connectivity index is 1.67. The van der Waals surface area contributed by atoms with Crippen molar-refractivity contribution in [1.82, 2.24) is 10.5 Å². The zero-order chi connectivity index (χ0) is 16.9. The molecule has 1 saturated carbocycles. The van der Waals surface area contributed by atoms with E-state index in [0.29, 0.717) is 31.3 Å². The van der Waals surface area contributed by atoms with Crippen LogP contribution in [0, 0.1) is 0 Å². The normalized spacial score (nSPS) is 22.3. The summed E-state index contributed by atoms with van der Waals surface area (Å²) in [5, 5.41) is 6.95. The molecule has 1 aliphatic heterocycles. The van der Waals surface area contributed by atoms with Crippen molar-refractivity contribution in [1.29, 1.82) is 0 Å². The highest BCUT2D eigenvalue weighted by Gasteiger charge is 2.34. The van der Waals surface area contributed by atoms with E-state index in [4.69, 9.17) is 9.26 Å². The Labute approximate surface area is 141 Å². The molecule has 2 fully saturated rings. The number of carbonyl (C=O) groups is 2. The van der Waals surface area contributed by atoms with Crippen molar-refractivity contribution < 1.29 is 18.8 Å². The molecule has 0 bridgehead atoms. The minimum atomic E-state index is -0.309. The van der Waals surface area contributed by atoms with Gasteiger partial charge in [-0.1, -0.05) is 30.8 Å². The number of urea groups is 1. The lowest BCUT2D eigenvalue weighted by molar-refractivity contribution is -0.141. The van der Waals surface area contributed by atoms with Crippen molar-refractivity contribution in [2.45, 2.75) is 63.8 Å². The van der Waals surface area contributed by atoms with Crippen molar-refractivity contribution in [3.05, 3.63) is 11.8 Å². The topological polar surface area (TPSA) is 84.7 Å². The van der Waals surface area contributed by atoms with E-state index in [9.17, 15) is 9.59 Å². The highest BCUT2D eigenvalue weighted by atomic mass is 16.5. The number of rotatable bonds is 5. The van der Waals surface area contributed by atoms with Crippen LogP contribution < -0.4 is 10.2 Å². The van der Waals surface area contributed by atoms with Crippen LogP contribution in [0.25, 0.3) is 0 Å². The standard InChI is InChI=1S/C17H25N3O4/c1-12(21)23-9-8-14-11-18-17(22)20(14)16-10-15(24-19-16)13-6-4-2-3-5-7-13/h10,13-14H,2-9,11H2,1H3,(H,18,22). The molecule has 1 saturated heterocycles. The SMILES string of the molecule is CC(=O)OCCC1CNC(=O)N1c1cc(C2CCCCCC2)on1. The predicted octanol–water partition coefficient (Wildman–Crippen LogP) is 2.96. The average molecular weight is 335 g/mol. The van der Waals surface area contributed by atoms with Gasteiger partial charge in [-0.05, 0) is 12.8 Å². The fourth-order valence-corrected chi connectivity index (χ4v) is 3.56. The number of carbonyl (C=O) groups excluding carboxylic acids is 2. The molecule has 1 unspecified atom stereocenters. The lowest BCUT2D eigenvalue weighted by atomic mass is 9.97. The van der Waals surface area contributed by atoms with Crippen LogP contribution in [0.4, 0.5) is 10.6 Å². The van der Waals surface area contributed by atoms with E-state index in [-0.39, 0.29) is 18.0 Å². The molecule has 3 rings (SSSR count). The van der Waals surface area contributed by atoms with Gasteiger partial charge in [0, 0.05) is 31.9 Å². The number of hydrogen-bond donors (Lipinski definition) is 1. The second-order valence-electron chi connectivity index (χ2n) is 6.61. The van der Waals surface area contributed by atoms with Gasteiger partial charge in [-0.25, -0.2) is 4.79 Å². The van der Waals surface area contributed by atoms with Gasteiger partial charge >= 0.3 is 12.0 Å². The molecule has 2 aliphatic rings. The Bertz CT molecular complexity index is 578. The minimum absolute atomic E-state index is 0.0797. The Hall–Kier alpha value is -2.05. The Morgan fingerprint density at radius 1 is 1.38 bits per heavy atom. The van der Waals surface area contributed by atoms with E-state index in [1.165, 1.54) is 32.6 Å². The van der Waals surface area contributed by atoms with Gasteiger partial charge in [0.25, 0.3) is 0 Å². The number of esters is 1. The number of aromatic nitrogens is 1. The molecule has 0 aromatic carbocycles. The van der Waals surface area contributed by atoms with Gasteiger partial charge in [-0.3, -0.25) is 9.69 Å². The molecule has 0 radical (unpaired) electrons. The maximum Gasteiger partial charge on any atom is 0.323 e. The third-order valence-corrected chi connectivity index (χ3v) is 4.85. The van der Waals surface area contributed by atoms with Crippen LogP contribution in [0.2, 0.25) is 0 Å². The monoisotopic (exact) mass is 335 g/mol. The van der Waals surface area contributed by atoms with Crippen LogP contribution in [-0.4, -0.2) is 36.4 Å². The van der Waals surface area contributed by atoms with E-state index in [0.717, 1.165) is 18.6 Å². The fourth-order valence-electron chi connectivity index (χ4n) is 3.56. The molecular weight excluding hydrogens is 310 g/mol. The van der Waals surface area contributed by atoms with E-state index in [1.54, 1.807) is 4.90 Å². The van der Waals surface area contributed by atoms with Gasteiger partial charge in [-0.2, -0.15) is 0 Å². The summed E-state index contributed by atoms with van der Waals surface area (Å²) in [6.07, 6.45) is 7.82. The summed E-state index contributed by atoms with van der Waals surface area (Å²) in [5.74, 6) is 1.53. The summed E-state index contributed by atoms with van der Waals surface area (Å²) >= 11 is 0. The summed E-state index contributed by atoms with van der Waals surface area (Å²) in [6.45, 7) is 2.19. The molecule has 2 heterocycles. The molecule has 1 aromatic heterocycles. The van der Waals surface area contributed by atoms with E-state index in [1.807, 2.05) is 6.07 Å². The zero-order valence-electron chi connectivity index (χ0n) is 14.1. The van der Waals surface area contributed by atoms with Gasteiger partial charge in [0.2, 0.25) is 0 Å². The summed E-state index contributed by atoms with van der Waals surface area (Å²) in [7, 11) is 0. The Morgan fingerprint density at radius 2 is 2.12 bits per heavy atom. The zero-order valence-corrected chi connectivity index (χ0v) is 14.1. The van der Waals surface area contributed by atoms with Gasteiger partial charge in [-0.15, -0.1) is 0 Å². The molecule has 0 spiro atoms. The molecule has 132 valence electrons. The first-order valence-corrected chi connectivity index (χ1v) is 8.82. The van der Waals surface area contributed by atoms with Crippen LogP contribution in [-0.2, 0) is 9.53 Å². The summed E-state index contributed by atoms with van der Waals surface area (Å²) in [5.41, 5.74) is 0. The van der Waals surface area contributed by atoms with Crippen LogP contribution in [0.15, 0.2) is 10.6 Å². The lowest BCUT2D eigenvalue weighted by Gasteiger charge is -2.19. The smallest absolute Gasteiger partial charge is 0.323 e. The highest BCUT2D eigenvalue weighted by molar-refractivity contribution is 5.93. The van der Waals surface area contributed by atoms with Crippen molar-refractivity contribution in [2.75, 3.05) is 18.1 Å². The van der Waals surface area contributed by atoms with E-state index >= 15 is 0 Å². The minimum Gasteiger partial charge on any atom is -0.466 e. The van der Waals surface area contributed by atoms with Crippen molar-refractivity contribution >= 4 is 17.8 Å². The molecule has 7 heteroatoms. The molecule has 2 amide bonds. The lowest BCUT2D eigenvalue weighted by Crippen LogP contribution is -2.35. The average Bonchev–Trinajstić information content (AvgIpc) is 3.05. The largest absolute Gasteiger partial charge is 0.466 e. The number of amides is 2. The van der Waals surface area contributed by atoms with Crippen molar-refractivity contribution in [3.8, 4) is 0 Å². The van der Waals surface area contributed by atoms with E-state index in [2.05, 4.69) is 10.5 Å². The first-order chi connectivity index (χ1) is 11.6. The third-order valence-electron chi connectivity index (χ3n) is 4.85. The van der Waals surface area contributed by atoms with Gasteiger partial charge in [0.15, 0.2) is 5.82 Å². The number of ether oxygens (including phenoxy) is 1. The Morgan fingerprint density at radius 3 is 2.83 bits per heavy atom.